The summed E-state index contributed by atoms with van der Waals surface area (Å²) in [6, 6.07) is 0. The largest absolute Gasteiger partial charge is 0.495 e. The summed E-state index contributed by atoms with van der Waals surface area (Å²) in [5.74, 6) is -1.21. The number of alkyl halides is 3. The molecule has 0 heterocycles. The average molecular weight is 360 g/mol. The van der Waals surface area contributed by atoms with E-state index >= 15 is 0 Å². The molecule has 1 aliphatic rings. The topological polar surface area (TPSA) is 105 Å². The van der Waals surface area contributed by atoms with Crippen LogP contribution in [0.25, 0.3) is 5.53 Å². The monoisotopic (exact) mass is 360 g/mol. The Morgan fingerprint density at radius 3 is 2.14 bits per heavy atom. The van der Waals surface area contributed by atoms with Gasteiger partial charge in [-0.2, -0.15) is 13.2 Å². The maximum absolute atomic E-state index is 12.2. The van der Waals surface area contributed by atoms with Crippen LogP contribution < -0.4 is 0 Å². The fraction of sp³-hybridized carbons (Fsp3) is 0.727. The van der Waals surface area contributed by atoms with E-state index in [2.05, 4.69) is 4.79 Å². The zero-order valence-corrected chi connectivity index (χ0v) is 13.1. The van der Waals surface area contributed by atoms with Crippen LogP contribution in [0.5, 0.6) is 0 Å². The first-order valence-corrected chi connectivity index (χ1v) is 9.64. The molecule has 0 aromatic heterocycles. The van der Waals surface area contributed by atoms with Crippen LogP contribution in [0.4, 0.5) is 13.2 Å². The molecule has 0 aliphatic heterocycles. The Bertz CT molecular complexity index is 683. The molecule has 0 saturated heterocycles. The lowest BCUT2D eigenvalue weighted by Gasteiger charge is -2.19. The lowest BCUT2D eigenvalue weighted by Crippen LogP contribution is -2.36. The van der Waals surface area contributed by atoms with Crippen molar-refractivity contribution in [2.45, 2.75) is 43.5 Å². The minimum absolute atomic E-state index is 0.231. The van der Waals surface area contributed by atoms with Crippen molar-refractivity contribution in [1.82, 2.24) is 0 Å². The van der Waals surface area contributed by atoms with Gasteiger partial charge in [-0.05, 0) is 12.8 Å². The molecule has 1 aliphatic carbocycles. The molecule has 126 valence electrons. The van der Waals surface area contributed by atoms with Crippen LogP contribution in [0.15, 0.2) is 12.2 Å². The Morgan fingerprint density at radius 2 is 1.68 bits per heavy atom. The van der Waals surface area contributed by atoms with Gasteiger partial charge in [0.15, 0.2) is 0 Å². The van der Waals surface area contributed by atoms with Gasteiger partial charge < -0.3 is 5.53 Å². The van der Waals surface area contributed by atoms with Crippen LogP contribution in [0.2, 0.25) is 0 Å². The molecular formula is C11H15F3N2O4S2. The van der Waals surface area contributed by atoms with E-state index in [1.54, 1.807) is 0 Å². The fourth-order valence-corrected chi connectivity index (χ4v) is 6.19. The lowest BCUT2D eigenvalue weighted by molar-refractivity contribution is -0.0799. The van der Waals surface area contributed by atoms with E-state index in [1.807, 2.05) is 0 Å². The number of halogens is 3. The van der Waals surface area contributed by atoms with Crippen molar-refractivity contribution < 1.29 is 34.8 Å². The minimum Gasteiger partial charge on any atom is -0.359 e. The molecule has 0 aromatic rings. The van der Waals surface area contributed by atoms with Gasteiger partial charge in [0.1, 0.15) is 0 Å². The molecule has 11 heteroatoms. The maximum Gasteiger partial charge on any atom is 0.495 e. The summed E-state index contributed by atoms with van der Waals surface area (Å²) in [5.41, 5.74) is 8.77. The second-order valence-electron chi connectivity index (χ2n) is 4.90. The second-order valence-corrected chi connectivity index (χ2v) is 9.25. The van der Waals surface area contributed by atoms with Crippen molar-refractivity contribution in [2.75, 3.05) is 5.75 Å². The third-order valence-electron chi connectivity index (χ3n) is 3.20. The highest BCUT2D eigenvalue weighted by Gasteiger charge is 2.46. The average Bonchev–Trinajstić information content (AvgIpc) is 2.37. The molecule has 0 aromatic carbocycles. The quantitative estimate of drug-likeness (QED) is 0.252. The van der Waals surface area contributed by atoms with Crippen molar-refractivity contribution in [2.24, 2.45) is 0 Å². The number of sulfone groups is 2. The third-order valence-corrected chi connectivity index (χ3v) is 7.83. The Kier molecular flexibility index (Phi) is 5.94. The summed E-state index contributed by atoms with van der Waals surface area (Å²) in [4.78, 5) is 2.35. The van der Waals surface area contributed by atoms with Crippen molar-refractivity contribution >= 4 is 24.1 Å². The summed E-state index contributed by atoms with van der Waals surface area (Å²) < 4.78 is 82.5. The number of allylic oxidation sites excluding steroid dienone is 1. The summed E-state index contributed by atoms with van der Waals surface area (Å²) in [6.45, 7) is 0. The maximum atomic E-state index is 12.2. The van der Waals surface area contributed by atoms with Crippen molar-refractivity contribution in [3.8, 4) is 0 Å². The van der Waals surface area contributed by atoms with Gasteiger partial charge in [0, 0.05) is 6.08 Å². The highest BCUT2D eigenvalue weighted by Crippen LogP contribution is 2.26. The third kappa shape index (κ3) is 4.92. The molecule has 6 nitrogen and oxygen atoms in total. The van der Waals surface area contributed by atoms with Gasteiger partial charge in [-0.15, -0.1) is 4.79 Å². The van der Waals surface area contributed by atoms with E-state index in [9.17, 15) is 30.0 Å². The molecule has 0 radical (unpaired) electrons. The zero-order valence-electron chi connectivity index (χ0n) is 11.5. The summed E-state index contributed by atoms with van der Waals surface area (Å²) in [6.07, 6.45) is -2.28. The van der Waals surface area contributed by atoms with E-state index < -0.39 is 41.2 Å². The molecule has 1 fully saturated rings. The summed E-state index contributed by atoms with van der Waals surface area (Å²) in [7, 11) is -9.08. The van der Waals surface area contributed by atoms with Crippen LogP contribution >= 0.6 is 0 Å². The van der Waals surface area contributed by atoms with Crippen LogP contribution in [0, 0.1) is 0 Å². The van der Waals surface area contributed by atoms with Crippen LogP contribution in [-0.4, -0.2) is 43.2 Å². The predicted octanol–water partition coefficient (Wildman–Crippen LogP) is 1.85. The molecule has 0 spiro atoms. The zero-order chi connectivity index (χ0) is 17.0. The Hall–Kier alpha value is -1.19. The van der Waals surface area contributed by atoms with Crippen LogP contribution in [0.1, 0.15) is 32.1 Å². The van der Waals surface area contributed by atoms with Crippen molar-refractivity contribution in [3.05, 3.63) is 17.7 Å². The van der Waals surface area contributed by atoms with Gasteiger partial charge in [0.05, 0.1) is 11.0 Å². The molecule has 0 N–H and O–H groups in total. The first-order valence-electron chi connectivity index (χ1n) is 6.44. The predicted molar refractivity (Wildman–Crippen MR) is 73.4 cm³/mol. The smallest absolute Gasteiger partial charge is 0.359 e. The number of rotatable bonds is 3. The van der Waals surface area contributed by atoms with Gasteiger partial charge in [0.2, 0.25) is 0 Å². The Morgan fingerprint density at radius 1 is 1.14 bits per heavy atom. The van der Waals surface area contributed by atoms with Crippen molar-refractivity contribution in [1.29, 1.82) is 0 Å². The van der Waals surface area contributed by atoms with E-state index in [-0.39, 0.29) is 25.0 Å². The number of hydrogen-bond acceptors (Lipinski definition) is 4. The number of hydrogen-bond donors (Lipinski definition) is 0. The first kappa shape index (κ1) is 18.9. The molecular weight excluding hydrogens is 345 g/mol. The summed E-state index contributed by atoms with van der Waals surface area (Å²) >= 11 is 0. The van der Waals surface area contributed by atoms with Gasteiger partial charge in [-0.3, -0.25) is 0 Å². The Labute approximate surface area is 126 Å². The van der Waals surface area contributed by atoms with E-state index in [0.29, 0.717) is 12.8 Å². The molecule has 0 bridgehead atoms. The highest BCUT2D eigenvalue weighted by atomic mass is 32.3. The second kappa shape index (κ2) is 6.93. The molecule has 22 heavy (non-hydrogen) atoms. The van der Waals surface area contributed by atoms with Gasteiger partial charge in [0.25, 0.3) is 19.7 Å². The van der Waals surface area contributed by atoms with Crippen LogP contribution in [-0.2, 0) is 19.7 Å². The van der Waals surface area contributed by atoms with Gasteiger partial charge in [-0.1, -0.05) is 25.3 Å². The molecule has 1 saturated carbocycles. The molecule has 0 unspecified atom stereocenters. The molecule has 0 amide bonds. The van der Waals surface area contributed by atoms with Gasteiger partial charge in [-0.25, -0.2) is 16.8 Å². The lowest BCUT2D eigenvalue weighted by atomic mass is 10.0. The first-order chi connectivity index (χ1) is 10.0. The highest BCUT2D eigenvalue weighted by molar-refractivity contribution is 8.31. The van der Waals surface area contributed by atoms with Crippen LogP contribution in [0.3, 0.4) is 0 Å². The summed E-state index contributed by atoms with van der Waals surface area (Å²) in [5, 5.41) is -0.992. The molecule has 0 atom stereocenters. The fourth-order valence-electron chi connectivity index (χ4n) is 2.19. The van der Waals surface area contributed by atoms with E-state index in [0.717, 1.165) is 6.42 Å². The SMILES string of the molecule is [N-]=[N+]=C(S(=O)(=O)CC=CC(F)(F)F)S(=O)(=O)C1CCCCC1. The normalized spacial score (nSPS) is 18.3. The Balaban J connectivity index is 3.04. The van der Waals surface area contributed by atoms with E-state index in [1.165, 1.54) is 0 Å². The van der Waals surface area contributed by atoms with Gasteiger partial charge >= 0.3 is 10.6 Å². The standard InChI is InChI=1S/C11H15F3N2O4S2/c12-11(13,14)7-4-8-21(17,18)10(16-15)22(19,20)9-5-2-1-3-6-9/h4,7,9H,1-3,5-6,8H2. The van der Waals surface area contributed by atoms with Crippen molar-refractivity contribution in [3.63, 3.8) is 0 Å². The molecule has 1 rings (SSSR count). The number of nitrogens with zero attached hydrogens (tertiary/aromatic N) is 2. The minimum atomic E-state index is -4.71. The van der Waals surface area contributed by atoms with E-state index in [4.69, 9.17) is 5.53 Å².